The lowest BCUT2D eigenvalue weighted by atomic mass is 10.0. The standard InChI is InChI=1S/C20H20N2O4S/c1-22(18-10-11-27(24,25)14-18)20(23)13-26-19-8-6-17(7-9-19)16-4-2-15(12-21)3-5-16/h2-9,18H,10-11,13-14H2,1H3. The second-order valence-corrected chi connectivity index (χ2v) is 8.79. The number of nitriles is 1. The number of likely N-dealkylation sites (N-methyl/N-ethyl adjacent to an activating group) is 1. The summed E-state index contributed by atoms with van der Waals surface area (Å²) >= 11 is 0. The molecule has 6 nitrogen and oxygen atoms in total. The van der Waals surface area contributed by atoms with Crippen LogP contribution in [0.4, 0.5) is 0 Å². The number of carbonyl (C=O) groups excluding carboxylic acids is 1. The molecule has 1 amide bonds. The average molecular weight is 384 g/mol. The Hall–Kier alpha value is -2.85. The van der Waals surface area contributed by atoms with E-state index in [4.69, 9.17) is 10.00 Å². The maximum absolute atomic E-state index is 12.2. The number of amides is 1. The van der Waals surface area contributed by atoms with E-state index in [2.05, 4.69) is 6.07 Å². The van der Waals surface area contributed by atoms with E-state index in [1.54, 1.807) is 31.3 Å². The number of hydrogen-bond donors (Lipinski definition) is 0. The molecule has 0 aromatic heterocycles. The van der Waals surface area contributed by atoms with Gasteiger partial charge in [-0.1, -0.05) is 24.3 Å². The summed E-state index contributed by atoms with van der Waals surface area (Å²) in [4.78, 5) is 13.7. The lowest BCUT2D eigenvalue weighted by Crippen LogP contribution is -2.40. The third-order valence-electron chi connectivity index (χ3n) is 4.71. The van der Waals surface area contributed by atoms with E-state index in [9.17, 15) is 13.2 Å². The van der Waals surface area contributed by atoms with Crippen LogP contribution in [0.1, 0.15) is 12.0 Å². The van der Waals surface area contributed by atoms with Gasteiger partial charge < -0.3 is 9.64 Å². The summed E-state index contributed by atoms with van der Waals surface area (Å²) in [7, 11) is -1.41. The fourth-order valence-electron chi connectivity index (χ4n) is 3.01. The van der Waals surface area contributed by atoms with Crippen molar-refractivity contribution in [3.63, 3.8) is 0 Å². The smallest absolute Gasteiger partial charge is 0.260 e. The summed E-state index contributed by atoms with van der Waals surface area (Å²) in [6, 6.07) is 16.4. The molecule has 140 valence electrons. The van der Waals surface area contributed by atoms with Gasteiger partial charge in [0.2, 0.25) is 0 Å². The van der Waals surface area contributed by atoms with Crippen molar-refractivity contribution in [3.8, 4) is 22.9 Å². The van der Waals surface area contributed by atoms with Gasteiger partial charge in [0.25, 0.3) is 5.91 Å². The van der Waals surface area contributed by atoms with Gasteiger partial charge in [-0.15, -0.1) is 0 Å². The highest BCUT2D eigenvalue weighted by Gasteiger charge is 2.32. The van der Waals surface area contributed by atoms with E-state index in [1.807, 2.05) is 24.3 Å². The minimum Gasteiger partial charge on any atom is -0.484 e. The van der Waals surface area contributed by atoms with Crippen LogP contribution >= 0.6 is 0 Å². The van der Waals surface area contributed by atoms with Crippen LogP contribution in [0.2, 0.25) is 0 Å². The van der Waals surface area contributed by atoms with Crippen LogP contribution in [0.15, 0.2) is 48.5 Å². The van der Waals surface area contributed by atoms with Crippen molar-refractivity contribution in [1.82, 2.24) is 4.90 Å². The quantitative estimate of drug-likeness (QED) is 0.789. The van der Waals surface area contributed by atoms with Crippen molar-refractivity contribution in [2.45, 2.75) is 12.5 Å². The largest absolute Gasteiger partial charge is 0.484 e. The van der Waals surface area contributed by atoms with Crippen LogP contribution in [0.5, 0.6) is 5.75 Å². The Morgan fingerprint density at radius 3 is 2.26 bits per heavy atom. The molecule has 1 saturated heterocycles. The van der Waals surface area contributed by atoms with E-state index in [1.165, 1.54) is 4.90 Å². The molecule has 2 aromatic rings. The highest BCUT2D eigenvalue weighted by atomic mass is 32.2. The van der Waals surface area contributed by atoms with Crippen LogP contribution in [0.3, 0.4) is 0 Å². The third kappa shape index (κ3) is 4.66. The molecule has 0 spiro atoms. The number of sulfone groups is 1. The summed E-state index contributed by atoms with van der Waals surface area (Å²) < 4.78 is 28.6. The Morgan fingerprint density at radius 1 is 1.15 bits per heavy atom. The highest BCUT2D eigenvalue weighted by Crippen LogP contribution is 2.23. The molecule has 0 aliphatic carbocycles. The van der Waals surface area contributed by atoms with Gasteiger partial charge in [0.15, 0.2) is 16.4 Å². The van der Waals surface area contributed by atoms with Crippen LogP contribution in [-0.2, 0) is 14.6 Å². The molecule has 0 saturated carbocycles. The lowest BCUT2D eigenvalue weighted by molar-refractivity contribution is -0.133. The molecule has 0 bridgehead atoms. The maximum Gasteiger partial charge on any atom is 0.260 e. The minimum atomic E-state index is -3.03. The van der Waals surface area contributed by atoms with E-state index in [0.717, 1.165) is 11.1 Å². The van der Waals surface area contributed by atoms with Gasteiger partial charge in [0, 0.05) is 13.1 Å². The van der Waals surface area contributed by atoms with Gasteiger partial charge in [0.05, 0.1) is 23.1 Å². The number of rotatable bonds is 5. The summed E-state index contributed by atoms with van der Waals surface area (Å²) in [5, 5.41) is 8.85. The molecule has 7 heteroatoms. The van der Waals surface area contributed by atoms with Crippen molar-refractivity contribution in [2.75, 3.05) is 25.2 Å². The summed E-state index contributed by atoms with van der Waals surface area (Å²) in [6.07, 6.45) is 0.476. The molecule has 1 heterocycles. The first-order chi connectivity index (χ1) is 12.9. The Bertz CT molecular complexity index is 961. The van der Waals surface area contributed by atoms with Crippen molar-refractivity contribution in [1.29, 1.82) is 5.26 Å². The molecule has 2 aromatic carbocycles. The Kier molecular flexibility index (Phi) is 5.47. The van der Waals surface area contributed by atoms with Crippen molar-refractivity contribution >= 4 is 15.7 Å². The van der Waals surface area contributed by atoms with Gasteiger partial charge in [-0.25, -0.2) is 8.42 Å². The molecule has 3 rings (SSSR count). The summed E-state index contributed by atoms with van der Waals surface area (Å²) in [5.41, 5.74) is 2.57. The number of hydrogen-bond acceptors (Lipinski definition) is 5. The Morgan fingerprint density at radius 2 is 1.74 bits per heavy atom. The third-order valence-corrected chi connectivity index (χ3v) is 6.46. The topological polar surface area (TPSA) is 87.5 Å². The molecule has 0 radical (unpaired) electrons. The highest BCUT2D eigenvalue weighted by molar-refractivity contribution is 7.91. The number of ether oxygens (including phenoxy) is 1. The van der Waals surface area contributed by atoms with Crippen molar-refractivity contribution in [3.05, 3.63) is 54.1 Å². The second kappa shape index (κ2) is 7.80. The van der Waals surface area contributed by atoms with E-state index < -0.39 is 9.84 Å². The van der Waals surface area contributed by atoms with E-state index in [0.29, 0.717) is 17.7 Å². The predicted octanol–water partition coefficient (Wildman–Crippen LogP) is 2.25. The SMILES string of the molecule is CN(C(=O)COc1ccc(-c2ccc(C#N)cc2)cc1)C1CCS(=O)(=O)C1. The van der Waals surface area contributed by atoms with Gasteiger partial charge in [-0.05, 0) is 41.8 Å². The molecule has 27 heavy (non-hydrogen) atoms. The molecular weight excluding hydrogens is 364 g/mol. The zero-order valence-electron chi connectivity index (χ0n) is 15.0. The first-order valence-corrected chi connectivity index (χ1v) is 10.4. The predicted molar refractivity (Wildman–Crippen MR) is 102 cm³/mol. The number of nitrogens with zero attached hydrogens (tertiary/aromatic N) is 2. The van der Waals surface area contributed by atoms with Crippen LogP contribution in [-0.4, -0.2) is 50.4 Å². The normalized spacial score (nSPS) is 17.9. The monoisotopic (exact) mass is 384 g/mol. The zero-order valence-corrected chi connectivity index (χ0v) is 15.8. The first-order valence-electron chi connectivity index (χ1n) is 8.57. The Balaban J connectivity index is 1.56. The Labute approximate surface area is 158 Å². The van der Waals surface area contributed by atoms with Crippen LogP contribution in [0, 0.1) is 11.3 Å². The average Bonchev–Trinajstić information content (AvgIpc) is 3.05. The molecule has 1 atom stereocenters. The van der Waals surface area contributed by atoms with Crippen molar-refractivity contribution in [2.24, 2.45) is 0 Å². The first kappa shape index (κ1) is 18.9. The molecular formula is C20H20N2O4S. The molecule has 0 N–H and O–H groups in total. The molecule has 1 aliphatic rings. The van der Waals surface area contributed by atoms with E-state index >= 15 is 0 Å². The zero-order chi connectivity index (χ0) is 19.4. The fourth-order valence-corrected chi connectivity index (χ4v) is 4.79. The maximum atomic E-state index is 12.2. The number of carbonyl (C=O) groups is 1. The van der Waals surface area contributed by atoms with Gasteiger partial charge in [-0.3, -0.25) is 4.79 Å². The molecule has 1 unspecified atom stereocenters. The minimum absolute atomic E-state index is 0.0223. The van der Waals surface area contributed by atoms with Gasteiger partial charge in [0.1, 0.15) is 5.75 Å². The van der Waals surface area contributed by atoms with Crippen molar-refractivity contribution < 1.29 is 17.9 Å². The van der Waals surface area contributed by atoms with Gasteiger partial charge >= 0.3 is 0 Å². The second-order valence-electron chi connectivity index (χ2n) is 6.56. The molecule has 1 aliphatic heterocycles. The van der Waals surface area contributed by atoms with Crippen LogP contribution < -0.4 is 4.74 Å². The lowest BCUT2D eigenvalue weighted by Gasteiger charge is -2.23. The van der Waals surface area contributed by atoms with Crippen LogP contribution in [0.25, 0.3) is 11.1 Å². The summed E-state index contributed by atoms with van der Waals surface area (Å²) in [5.74, 6) is 0.475. The van der Waals surface area contributed by atoms with Gasteiger partial charge in [-0.2, -0.15) is 5.26 Å². The fraction of sp³-hybridized carbons (Fsp3) is 0.300. The number of benzene rings is 2. The van der Waals surface area contributed by atoms with E-state index in [-0.39, 0.29) is 30.1 Å². The molecule has 1 fully saturated rings. The summed E-state index contributed by atoms with van der Waals surface area (Å²) in [6.45, 7) is -0.136.